The summed E-state index contributed by atoms with van der Waals surface area (Å²) < 4.78 is 0. The molecule has 2 rings (SSSR count). The molecule has 0 amide bonds. The maximum atomic E-state index is 6.08. The van der Waals surface area contributed by atoms with Gasteiger partial charge in [-0.2, -0.15) is 0 Å². The molecular formula is C15H23ClN2. The monoisotopic (exact) mass is 266 g/mol. The Morgan fingerprint density at radius 2 is 2.28 bits per heavy atom. The van der Waals surface area contributed by atoms with E-state index in [4.69, 9.17) is 17.3 Å². The lowest BCUT2D eigenvalue weighted by Gasteiger charge is -2.42. The van der Waals surface area contributed by atoms with Crippen LogP contribution in [0.1, 0.15) is 38.3 Å². The largest absolute Gasteiger partial charge is 0.329 e. The highest BCUT2D eigenvalue weighted by Crippen LogP contribution is 2.31. The summed E-state index contributed by atoms with van der Waals surface area (Å²) in [6, 6.07) is 9.07. The molecule has 0 aliphatic carbocycles. The zero-order chi connectivity index (χ0) is 13.1. The average Bonchev–Trinajstić information content (AvgIpc) is 2.37. The van der Waals surface area contributed by atoms with Crippen LogP contribution in [0.3, 0.4) is 0 Å². The molecular weight excluding hydrogens is 244 g/mol. The maximum Gasteiger partial charge on any atom is 0.0409 e. The van der Waals surface area contributed by atoms with Crippen LogP contribution in [0.15, 0.2) is 24.3 Å². The summed E-state index contributed by atoms with van der Waals surface area (Å²) in [7, 11) is 0. The fourth-order valence-electron chi connectivity index (χ4n) is 2.97. The summed E-state index contributed by atoms with van der Waals surface area (Å²) in [6.45, 7) is 6.46. The molecule has 3 heteroatoms. The van der Waals surface area contributed by atoms with E-state index in [2.05, 4.69) is 30.9 Å². The molecule has 1 heterocycles. The van der Waals surface area contributed by atoms with Crippen LogP contribution in [0.25, 0.3) is 0 Å². The van der Waals surface area contributed by atoms with Crippen LogP contribution in [-0.4, -0.2) is 24.0 Å². The lowest BCUT2D eigenvalue weighted by atomic mass is 9.90. The van der Waals surface area contributed by atoms with Crippen molar-refractivity contribution in [3.8, 4) is 0 Å². The van der Waals surface area contributed by atoms with E-state index in [-0.39, 0.29) is 0 Å². The predicted octanol–water partition coefficient (Wildman–Crippen LogP) is 3.46. The third kappa shape index (κ3) is 3.05. The van der Waals surface area contributed by atoms with Crippen molar-refractivity contribution in [2.75, 3.05) is 13.1 Å². The van der Waals surface area contributed by atoms with E-state index >= 15 is 0 Å². The lowest BCUT2D eigenvalue weighted by Crippen LogP contribution is -2.47. The molecule has 1 saturated heterocycles. The van der Waals surface area contributed by atoms with Gasteiger partial charge in [0.05, 0.1) is 0 Å². The highest BCUT2D eigenvalue weighted by molar-refractivity contribution is 6.30. The Kier molecular flexibility index (Phi) is 4.66. The molecule has 0 bridgehead atoms. The van der Waals surface area contributed by atoms with Crippen molar-refractivity contribution >= 4 is 11.6 Å². The van der Waals surface area contributed by atoms with E-state index in [1.54, 1.807) is 0 Å². The summed E-state index contributed by atoms with van der Waals surface area (Å²) >= 11 is 6.08. The number of rotatable bonds is 3. The van der Waals surface area contributed by atoms with Crippen LogP contribution in [0.2, 0.25) is 5.02 Å². The Balaban J connectivity index is 2.14. The fourth-order valence-corrected chi connectivity index (χ4v) is 3.17. The molecule has 1 aliphatic rings. The van der Waals surface area contributed by atoms with Crippen LogP contribution in [-0.2, 0) is 0 Å². The van der Waals surface area contributed by atoms with Crippen LogP contribution in [0.4, 0.5) is 0 Å². The molecule has 1 fully saturated rings. The molecule has 2 nitrogen and oxygen atoms in total. The fraction of sp³-hybridized carbons (Fsp3) is 0.600. The van der Waals surface area contributed by atoms with Gasteiger partial charge in [0.2, 0.25) is 0 Å². The molecule has 0 saturated carbocycles. The van der Waals surface area contributed by atoms with E-state index in [0.717, 1.165) is 24.0 Å². The van der Waals surface area contributed by atoms with Gasteiger partial charge in [-0.3, -0.25) is 4.90 Å². The zero-order valence-electron chi connectivity index (χ0n) is 11.3. The Labute approximate surface area is 115 Å². The van der Waals surface area contributed by atoms with E-state index in [1.807, 2.05) is 12.1 Å². The number of halogens is 1. The number of piperidine rings is 1. The Bertz CT molecular complexity index is 394. The van der Waals surface area contributed by atoms with Gasteiger partial charge in [0.15, 0.2) is 0 Å². The van der Waals surface area contributed by atoms with Crippen molar-refractivity contribution in [2.24, 2.45) is 11.7 Å². The van der Waals surface area contributed by atoms with Crippen LogP contribution < -0.4 is 5.73 Å². The summed E-state index contributed by atoms with van der Waals surface area (Å²) in [5.74, 6) is 0.793. The van der Waals surface area contributed by atoms with Crippen molar-refractivity contribution in [1.82, 2.24) is 4.90 Å². The number of likely N-dealkylation sites (tertiary alicyclic amines) is 1. The van der Waals surface area contributed by atoms with Crippen molar-refractivity contribution < 1.29 is 0 Å². The first-order chi connectivity index (χ1) is 8.61. The quantitative estimate of drug-likeness (QED) is 0.908. The SMILES string of the molecule is CC1CCN(C(C)c2cccc(Cl)c2)C(CN)C1. The zero-order valence-corrected chi connectivity index (χ0v) is 12.0. The van der Waals surface area contributed by atoms with Crippen molar-refractivity contribution in [2.45, 2.75) is 38.8 Å². The lowest BCUT2D eigenvalue weighted by molar-refractivity contribution is 0.0834. The first-order valence-corrected chi connectivity index (χ1v) is 7.21. The number of hydrogen-bond acceptors (Lipinski definition) is 2. The summed E-state index contributed by atoms with van der Waals surface area (Å²) in [6.07, 6.45) is 2.48. The molecule has 3 unspecified atom stereocenters. The second-order valence-corrected chi connectivity index (χ2v) is 5.92. The molecule has 3 atom stereocenters. The Hall–Kier alpha value is -0.570. The Morgan fingerprint density at radius 3 is 2.94 bits per heavy atom. The second kappa shape index (κ2) is 6.05. The van der Waals surface area contributed by atoms with E-state index in [1.165, 1.54) is 18.4 Å². The van der Waals surface area contributed by atoms with Gasteiger partial charge in [-0.1, -0.05) is 30.7 Å². The average molecular weight is 267 g/mol. The third-order valence-corrected chi connectivity index (χ3v) is 4.36. The second-order valence-electron chi connectivity index (χ2n) is 5.49. The summed E-state index contributed by atoms with van der Waals surface area (Å²) in [5, 5.41) is 0.814. The molecule has 1 aliphatic heterocycles. The van der Waals surface area contributed by atoms with Crippen LogP contribution >= 0.6 is 11.6 Å². The van der Waals surface area contributed by atoms with Gasteiger partial charge in [-0.25, -0.2) is 0 Å². The number of nitrogens with zero attached hydrogens (tertiary/aromatic N) is 1. The summed E-state index contributed by atoms with van der Waals surface area (Å²) in [5.41, 5.74) is 7.22. The van der Waals surface area contributed by atoms with Gasteiger partial charge in [0.25, 0.3) is 0 Å². The molecule has 18 heavy (non-hydrogen) atoms. The molecule has 100 valence electrons. The van der Waals surface area contributed by atoms with Gasteiger partial charge in [-0.15, -0.1) is 0 Å². The van der Waals surface area contributed by atoms with Crippen LogP contribution in [0.5, 0.6) is 0 Å². The van der Waals surface area contributed by atoms with Gasteiger partial charge in [0.1, 0.15) is 0 Å². The van der Waals surface area contributed by atoms with Gasteiger partial charge < -0.3 is 5.73 Å². The maximum absolute atomic E-state index is 6.08. The minimum absolute atomic E-state index is 0.393. The summed E-state index contributed by atoms with van der Waals surface area (Å²) in [4.78, 5) is 2.53. The van der Waals surface area contributed by atoms with E-state index in [9.17, 15) is 0 Å². The normalized spacial score (nSPS) is 27.1. The molecule has 1 aromatic carbocycles. The number of nitrogens with two attached hydrogens (primary N) is 1. The van der Waals surface area contributed by atoms with E-state index in [0.29, 0.717) is 12.1 Å². The predicted molar refractivity (Wildman–Crippen MR) is 77.8 cm³/mol. The standard InChI is InChI=1S/C15H23ClN2/c1-11-6-7-18(15(8-11)10-17)12(2)13-4-3-5-14(16)9-13/h3-5,9,11-12,15H,6-8,10,17H2,1-2H3. The van der Waals surface area contributed by atoms with Crippen LogP contribution in [0, 0.1) is 5.92 Å². The third-order valence-electron chi connectivity index (χ3n) is 4.12. The first kappa shape index (κ1) is 13.9. The van der Waals surface area contributed by atoms with Crippen molar-refractivity contribution in [3.05, 3.63) is 34.9 Å². The topological polar surface area (TPSA) is 29.3 Å². The van der Waals surface area contributed by atoms with Gasteiger partial charge in [0, 0.05) is 23.7 Å². The number of benzene rings is 1. The molecule has 2 N–H and O–H groups in total. The molecule has 1 aromatic rings. The molecule has 0 spiro atoms. The van der Waals surface area contributed by atoms with Crippen molar-refractivity contribution in [3.63, 3.8) is 0 Å². The minimum Gasteiger partial charge on any atom is -0.329 e. The number of hydrogen-bond donors (Lipinski definition) is 1. The van der Waals surface area contributed by atoms with Gasteiger partial charge in [-0.05, 0) is 49.9 Å². The van der Waals surface area contributed by atoms with Crippen molar-refractivity contribution in [1.29, 1.82) is 0 Å². The molecule has 0 radical (unpaired) electrons. The van der Waals surface area contributed by atoms with E-state index < -0.39 is 0 Å². The Morgan fingerprint density at radius 1 is 1.50 bits per heavy atom. The highest BCUT2D eigenvalue weighted by Gasteiger charge is 2.29. The van der Waals surface area contributed by atoms with Gasteiger partial charge >= 0.3 is 0 Å². The molecule has 0 aromatic heterocycles. The first-order valence-electron chi connectivity index (χ1n) is 6.83. The highest BCUT2D eigenvalue weighted by atomic mass is 35.5. The smallest absolute Gasteiger partial charge is 0.0409 e. The minimum atomic E-state index is 0.393.